The number of hydrogen-bond donors (Lipinski definition) is 1. The third-order valence-electron chi connectivity index (χ3n) is 5.95. The lowest BCUT2D eigenvalue weighted by molar-refractivity contribution is -0.126. The van der Waals surface area contributed by atoms with Gasteiger partial charge in [-0.2, -0.15) is 0 Å². The number of hydrogen-bond acceptors (Lipinski definition) is 3. The SMILES string of the molecule is CC(C)C(=O)/C(=C\N(C)C)C(=O)NC1C2CC3CC(C2)CC1C3. The maximum atomic E-state index is 12.8. The predicted octanol–water partition coefficient (Wildman–Crippen LogP) is 2.60. The second-order valence-corrected chi connectivity index (χ2v) is 8.46. The summed E-state index contributed by atoms with van der Waals surface area (Å²) in [6.45, 7) is 3.70. The van der Waals surface area contributed by atoms with E-state index >= 15 is 0 Å². The lowest BCUT2D eigenvalue weighted by Gasteiger charge is -2.54. The van der Waals surface area contributed by atoms with E-state index in [2.05, 4.69) is 5.32 Å². The second kappa shape index (κ2) is 6.29. The third-order valence-corrected chi connectivity index (χ3v) is 5.95. The van der Waals surface area contributed by atoms with Crippen LogP contribution in [0.4, 0.5) is 0 Å². The zero-order valence-corrected chi connectivity index (χ0v) is 14.8. The Kier molecular flexibility index (Phi) is 4.52. The molecule has 0 unspecified atom stereocenters. The van der Waals surface area contributed by atoms with Gasteiger partial charge in [0.1, 0.15) is 0 Å². The van der Waals surface area contributed by atoms with Crippen molar-refractivity contribution in [1.29, 1.82) is 0 Å². The first-order chi connectivity index (χ1) is 10.8. The summed E-state index contributed by atoms with van der Waals surface area (Å²) in [7, 11) is 3.70. The minimum Gasteiger partial charge on any atom is -0.383 e. The molecule has 128 valence electrons. The van der Waals surface area contributed by atoms with Gasteiger partial charge in [0.15, 0.2) is 5.78 Å². The van der Waals surface area contributed by atoms with Crippen LogP contribution in [0.1, 0.15) is 46.0 Å². The van der Waals surface area contributed by atoms with E-state index in [1.54, 1.807) is 11.1 Å². The van der Waals surface area contributed by atoms with Gasteiger partial charge in [-0.3, -0.25) is 9.59 Å². The molecule has 0 aromatic heterocycles. The van der Waals surface area contributed by atoms with Crippen LogP contribution < -0.4 is 5.32 Å². The van der Waals surface area contributed by atoms with Crippen molar-refractivity contribution < 1.29 is 9.59 Å². The van der Waals surface area contributed by atoms with E-state index in [0.717, 1.165) is 11.8 Å². The molecule has 1 N–H and O–H groups in total. The number of rotatable bonds is 5. The quantitative estimate of drug-likeness (QED) is 0.481. The molecular formula is C19H30N2O2. The standard InChI is InChI=1S/C19H30N2O2/c1-11(2)18(22)16(10-21(3)4)19(23)20-17-14-6-12-5-13(8-14)9-15(17)7-12/h10-15,17H,5-9H2,1-4H3,(H,20,23)/b16-10+. The van der Waals surface area contributed by atoms with Crippen LogP contribution in [0.5, 0.6) is 0 Å². The smallest absolute Gasteiger partial charge is 0.256 e. The lowest BCUT2D eigenvalue weighted by Crippen LogP contribution is -2.56. The summed E-state index contributed by atoms with van der Waals surface area (Å²) in [4.78, 5) is 27.0. The molecular weight excluding hydrogens is 288 g/mol. The summed E-state index contributed by atoms with van der Waals surface area (Å²) >= 11 is 0. The van der Waals surface area contributed by atoms with Crippen LogP contribution in [0.15, 0.2) is 11.8 Å². The fourth-order valence-corrected chi connectivity index (χ4v) is 5.19. The van der Waals surface area contributed by atoms with E-state index in [0.29, 0.717) is 17.4 Å². The van der Waals surface area contributed by atoms with Gasteiger partial charge in [0.25, 0.3) is 5.91 Å². The summed E-state index contributed by atoms with van der Waals surface area (Å²) in [6, 6.07) is 0.279. The maximum Gasteiger partial charge on any atom is 0.256 e. The van der Waals surface area contributed by atoms with E-state index in [1.807, 2.05) is 27.9 Å². The number of nitrogens with zero attached hydrogens (tertiary/aromatic N) is 1. The number of ketones is 1. The number of carbonyl (C=O) groups is 2. The zero-order valence-electron chi connectivity index (χ0n) is 14.8. The molecule has 0 spiro atoms. The Bertz CT molecular complexity index is 493. The van der Waals surface area contributed by atoms with Crippen molar-refractivity contribution >= 4 is 11.7 Å². The van der Waals surface area contributed by atoms with Crippen LogP contribution in [-0.4, -0.2) is 36.7 Å². The van der Waals surface area contributed by atoms with E-state index in [-0.39, 0.29) is 23.7 Å². The number of Topliss-reactive ketones (excluding diaryl/α,β-unsaturated/α-hetero) is 1. The largest absolute Gasteiger partial charge is 0.383 e. The Morgan fingerprint density at radius 1 is 1.00 bits per heavy atom. The van der Waals surface area contributed by atoms with Crippen LogP contribution in [0.3, 0.4) is 0 Å². The molecule has 4 nitrogen and oxygen atoms in total. The first-order valence-electron chi connectivity index (χ1n) is 9.08. The summed E-state index contributed by atoms with van der Waals surface area (Å²) in [5, 5.41) is 3.25. The molecule has 4 fully saturated rings. The minimum atomic E-state index is -0.171. The highest BCUT2D eigenvalue weighted by atomic mass is 16.2. The zero-order chi connectivity index (χ0) is 16.7. The van der Waals surface area contributed by atoms with Crippen LogP contribution in [0.25, 0.3) is 0 Å². The average Bonchev–Trinajstić information content (AvgIpc) is 2.46. The number of amides is 1. The Morgan fingerprint density at radius 3 is 1.96 bits per heavy atom. The van der Waals surface area contributed by atoms with Gasteiger partial charge in [0, 0.05) is 32.3 Å². The molecule has 1 amide bonds. The fourth-order valence-electron chi connectivity index (χ4n) is 5.19. The van der Waals surface area contributed by atoms with Crippen molar-refractivity contribution in [2.75, 3.05) is 14.1 Å². The van der Waals surface area contributed by atoms with Crippen molar-refractivity contribution in [2.45, 2.75) is 52.0 Å². The van der Waals surface area contributed by atoms with Crippen molar-refractivity contribution in [3.8, 4) is 0 Å². The molecule has 4 aliphatic carbocycles. The fraction of sp³-hybridized carbons (Fsp3) is 0.789. The van der Waals surface area contributed by atoms with E-state index in [1.165, 1.54) is 32.1 Å². The maximum absolute atomic E-state index is 12.8. The van der Waals surface area contributed by atoms with Gasteiger partial charge < -0.3 is 10.2 Å². The van der Waals surface area contributed by atoms with Crippen molar-refractivity contribution in [2.24, 2.45) is 29.6 Å². The average molecular weight is 318 g/mol. The molecule has 4 bridgehead atoms. The molecule has 4 saturated carbocycles. The van der Waals surface area contributed by atoms with Gasteiger partial charge in [-0.05, 0) is 55.8 Å². The van der Waals surface area contributed by atoms with Gasteiger partial charge in [0.2, 0.25) is 0 Å². The molecule has 0 heterocycles. The molecule has 4 rings (SSSR count). The minimum absolute atomic E-state index is 0.0694. The highest BCUT2D eigenvalue weighted by Gasteiger charge is 2.48. The molecule has 0 aliphatic heterocycles. The molecule has 0 atom stereocenters. The molecule has 4 aliphatic rings. The van der Waals surface area contributed by atoms with Crippen LogP contribution in [-0.2, 0) is 9.59 Å². The highest BCUT2D eigenvalue weighted by Crippen LogP contribution is 2.53. The van der Waals surface area contributed by atoms with Gasteiger partial charge >= 0.3 is 0 Å². The third kappa shape index (κ3) is 3.31. The molecule has 0 saturated heterocycles. The number of nitrogens with one attached hydrogen (secondary N) is 1. The van der Waals surface area contributed by atoms with Crippen LogP contribution in [0, 0.1) is 29.6 Å². The normalized spacial score (nSPS) is 35.5. The summed E-state index contributed by atoms with van der Waals surface area (Å²) < 4.78 is 0. The Balaban J connectivity index is 1.73. The topological polar surface area (TPSA) is 49.4 Å². The van der Waals surface area contributed by atoms with Gasteiger partial charge in [0.05, 0.1) is 5.57 Å². The molecule has 0 aromatic carbocycles. The summed E-state index contributed by atoms with van der Waals surface area (Å²) in [6.07, 6.45) is 8.15. The van der Waals surface area contributed by atoms with Crippen molar-refractivity contribution in [1.82, 2.24) is 10.2 Å². The number of carbonyl (C=O) groups excluding carboxylic acids is 2. The predicted molar refractivity (Wildman–Crippen MR) is 90.6 cm³/mol. The second-order valence-electron chi connectivity index (χ2n) is 8.46. The lowest BCUT2D eigenvalue weighted by atomic mass is 9.54. The molecule has 0 aromatic rings. The molecule has 4 heteroatoms. The first kappa shape index (κ1) is 16.5. The van der Waals surface area contributed by atoms with Gasteiger partial charge in [-0.25, -0.2) is 0 Å². The molecule has 23 heavy (non-hydrogen) atoms. The monoisotopic (exact) mass is 318 g/mol. The van der Waals surface area contributed by atoms with E-state index in [9.17, 15) is 9.59 Å². The Labute approximate surface area is 139 Å². The summed E-state index contributed by atoms with van der Waals surface area (Å²) in [5.74, 6) is 2.63. The van der Waals surface area contributed by atoms with Gasteiger partial charge in [-0.15, -0.1) is 0 Å². The van der Waals surface area contributed by atoms with Crippen molar-refractivity contribution in [3.63, 3.8) is 0 Å². The molecule has 0 radical (unpaired) electrons. The van der Waals surface area contributed by atoms with E-state index in [4.69, 9.17) is 0 Å². The Hall–Kier alpha value is -1.32. The van der Waals surface area contributed by atoms with Gasteiger partial charge in [-0.1, -0.05) is 13.8 Å². The highest BCUT2D eigenvalue weighted by molar-refractivity contribution is 6.19. The van der Waals surface area contributed by atoms with E-state index < -0.39 is 0 Å². The Morgan fingerprint density at radius 2 is 1.52 bits per heavy atom. The van der Waals surface area contributed by atoms with Crippen molar-refractivity contribution in [3.05, 3.63) is 11.8 Å². The first-order valence-corrected chi connectivity index (χ1v) is 9.08. The summed E-state index contributed by atoms with van der Waals surface area (Å²) in [5.41, 5.74) is 0.304. The van der Waals surface area contributed by atoms with Crippen LogP contribution >= 0.6 is 0 Å². The van der Waals surface area contributed by atoms with Crippen LogP contribution in [0.2, 0.25) is 0 Å².